The van der Waals surface area contributed by atoms with Crippen molar-refractivity contribution in [2.45, 2.75) is 46.0 Å². The van der Waals surface area contributed by atoms with Crippen molar-refractivity contribution in [1.82, 2.24) is 15.2 Å². The largest absolute Gasteiger partial charge is 0.462 e. The van der Waals surface area contributed by atoms with Crippen LogP contribution < -0.4 is 0 Å². The minimum atomic E-state index is -0.254. The number of rotatable bonds is 7. The Labute approximate surface area is 151 Å². The number of esters is 1. The molecule has 1 aliphatic carbocycles. The van der Waals surface area contributed by atoms with Crippen molar-refractivity contribution >= 4 is 17.3 Å². The molecule has 0 spiro atoms. The summed E-state index contributed by atoms with van der Waals surface area (Å²) in [7, 11) is 0. The molecule has 0 unspecified atom stereocenters. The summed E-state index contributed by atoms with van der Waals surface area (Å²) in [5, 5.41) is 7.32. The van der Waals surface area contributed by atoms with Crippen molar-refractivity contribution in [3.05, 3.63) is 46.1 Å². The molecule has 3 rings (SSSR count). The molecule has 0 atom stereocenters. The SMILES string of the molecule is CCCCOC(=O)c1sc(-c2n[nH]c(CC3=CCCC=C3)n2)cc1C. The maximum absolute atomic E-state index is 12.2. The Morgan fingerprint density at radius 1 is 1.40 bits per heavy atom. The van der Waals surface area contributed by atoms with Gasteiger partial charge in [0.25, 0.3) is 0 Å². The van der Waals surface area contributed by atoms with E-state index in [0.717, 1.165) is 48.4 Å². The number of aromatic amines is 1. The molecule has 1 aliphatic rings. The first kappa shape index (κ1) is 17.6. The molecule has 6 heteroatoms. The Hall–Kier alpha value is -2.21. The van der Waals surface area contributed by atoms with Gasteiger partial charge in [-0.1, -0.05) is 31.6 Å². The highest BCUT2D eigenvalue weighted by Crippen LogP contribution is 2.30. The van der Waals surface area contributed by atoms with Crippen LogP contribution in [0, 0.1) is 6.92 Å². The Morgan fingerprint density at radius 3 is 3.04 bits per heavy atom. The lowest BCUT2D eigenvalue weighted by atomic mass is 10.0. The molecule has 132 valence electrons. The molecule has 0 aromatic carbocycles. The first-order chi connectivity index (χ1) is 12.2. The van der Waals surface area contributed by atoms with Crippen molar-refractivity contribution in [3.63, 3.8) is 0 Å². The Balaban J connectivity index is 1.70. The van der Waals surface area contributed by atoms with Crippen LogP contribution in [0.5, 0.6) is 0 Å². The third-order valence-electron chi connectivity index (χ3n) is 4.03. The van der Waals surface area contributed by atoms with Gasteiger partial charge in [-0.3, -0.25) is 5.10 Å². The molecule has 25 heavy (non-hydrogen) atoms. The normalized spacial score (nSPS) is 13.8. The van der Waals surface area contributed by atoms with E-state index in [0.29, 0.717) is 17.3 Å². The molecule has 1 N–H and O–H groups in total. The average molecular weight is 357 g/mol. The number of ether oxygens (including phenoxy) is 1. The van der Waals surface area contributed by atoms with Crippen LogP contribution in [0.4, 0.5) is 0 Å². The summed E-state index contributed by atoms with van der Waals surface area (Å²) in [5.41, 5.74) is 2.17. The molecule has 0 bridgehead atoms. The molecular weight excluding hydrogens is 334 g/mol. The number of hydrogen-bond donors (Lipinski definition) is 1. The fraction of sp³-hybridized carbons (Fsp3) is 0.421. The van der Waals surface area contributed by atoms with E-state index in [1.165, 1.54) is 16.9 Å². The van der Waals surface area contributed by atoms with Crippen molar-refractivity contribution in [2.75, 3.05) is 6.61 Å². The summed E-state index contributed by atoms with van der Waals surface area (Å²) in [4.78, 5) is 18.3. The monoisotopic (exact) mass is 357 g/mol. The molecule has 0 saturated heterocycles. The van der Waals surface area contributed by atoms with E-state index in [1.807, 2.05) is 13.0 Å². The molecule has 5 nitrogen and oxygen atoms in total. The summed E-state index contributed by atoms with van der Waals surface area (Å²) < 4.78 is 5.31. The van der Waals surface area contributed by atoms with Crippen molar-refractivity contribution < 1.29 is 9.53 Å². The van der Waals surface area contributed by atoms with Crippen LogP contribution >= 0.6 is 11.3 Å². The molecule has 0 amide bonds. The van der Waals surface area contributed by atoms with Gasteiger partial charge in [-0.05, 0) is 43.4 Å². The van der Waals surface area contributed by atoms with Gasteiger partial charge >= 0.3 is 5.97 Å². The van der Waals surface area contributed by atoms with Gasteiger partial charge in [0.1, 0.15) is 10.7 Å². The lowest BCUT2D eigenvalue weighted by Gasteiger charge is -2.03. The van der Waals surface area contributed by atoms with Crippen LogP contribution in [-0.4, -0.2) is 27.8 Å². The second-order valence-electron chi connectivity index (χ2n) is 6.15. The van der Waals surface area contributed by atoms with E-state index in [9.17, 15) is 4.79 Å². The lowest BCUT2D eigenvalue weighted by molar-refractivity contribution is 0.0505. The maximum atomic E-state index is 12.2. The van der Waals surface area contributed by atoms with Gasteiger partial charge < -0.3 is 4.74 Å². The molecule has 0 saturated carbocycles. The number of nitrogens with zero attached hydrogens (tertiary/aromatic N) is 2. The van der Waals surface area contributed by atoms with E-state index in [1.54, 1.807) is 0 Å². The van der Waals surface area contributed by atoms with Crippen LogP contribution in [0.2, 0.25) is 0 Å². The first-order valence-electron chi connectivity index (χ1n) is 8.72. The number of allylic oxidation sites excluding steroid dienone is 4. The number of carbonyl (C=O) groups excluding carboxylic acids is 1. The van der Waals surface area contributed by atoms with Crippen molar-refractivity contribution in [1.29, 1.82) is 0 Å². The van der Waals surface area contributed by atoms with Crippen LogP contribution in [-0.2, 0) is 11.2 Å². The second kappa shape index (κ2) is 8.25. The highest BCUT2D eigenvalue weighted by molar-refractivity contribution is 7.17. The van der Waals surface area contributed by atoms with E-state index in [4.69, 9.17) is 4.74 Å². The number of H-pyrrole nitrogens is 1. The van der Waals surface area contributed by atoms with Gasteiger partial charge in [-0.25, -0.2) is 9.78 Å². The number of aryl methyl sites for hydroxylation is 1. The highest BCUT2D eigenvalue weighted by Gasteiger charge is 2.18. The van der Waals surface area contributed by atoms with Gasteiger partial charge in [-0.2, -0.15) is 5.10 Å². The van der Waals surface area contributed by atoms with E-state index >= 15 is 0 Å². The van der Waals surface area contributed by atoms with Crippen LogP contribution in [0.3, 0.4) is 0 Å². The van der Waals surface area contributed by atoms with E-state index < -0.39 is 0 Å². The molecule has 2 aromatic rings. The fourth-order valence-corrected chi connectivity index (χ4v) is 3.65. The number of thiophene rings is 1. The van der Waals surface area contributed by atoms with Crippen molar-refractivity contribution in [2.24, 2.45) is 0 Å². The summed E-state index contributed by atoms with van der Waals surface area (Å²) in [6.07, 6.45) is 11.4. The van der Waals surface area contributed by atoms with Crippen LogP contribution in [0.15, 0.2) is 29.9 Å². The minimum absolute atomic E-state index is 0.254. The zero-order valence-electron chi connectivity index (χ0n) is 14.7. The number of aromatic nitrogens is 3. The van der Waals surface area contributed by atoms with Gasteiger partial charge in [0.05, 0.1) is 11.5 Å². The van der Waals surface area contributed by atoms with Gasteiger partial charge in [0.15, 0.2) is 5.82 Å². The van der Waals surface area contributed by atoms with Crippen LogP contribution in [0.25, 0.3) is 10.7 Å². The fourth-order valence-electron chi connectivity index (χ4n) is 2.65. The Kier molecular flexibility index (Phi) is 5.81. The van der Waals surface area contributed by atoms with Gasteiger partial charge in [0, 0.05) is 6.42 Å². The molecule has 0 fully saturated rings. The molecule has 2 heterocycles. The van der Waals surface area contributed by atoms with Gasteiger partial charge in [-0.15, -0.1) is 11.3 Å². The standard InChI is InChI=1S/C19H23N3O2S/c1-3-4-10-24-19(23)17-13(2)11-15(25-17)18-20-16(21-22-18)12-14-8-6-5-7-9-14/h6,8-9,11H,3-5,7,10,12H2,1-2H3,(H,20,21,22). The predicted molar refractivity (Wildman–Crippen MR) is 99.8 cm³/mol. The Morgan fingerprint density at radius 2 is 2.28 bits per heavy atom. The summed E-state index contributed by atoms with van der Waals surface area (Å²) in [6.45, 7) is 4.46. The summed E-state index contributed by atoms with van der Waals surface area (Å²) >= 11 is 1.39. The number of hydrogen-bond acceptors (Lipinski definition) is 5. The predicted octanol–water partition coefficient (Wildman–Crippen LogP) is 4.62. The molecule has 2 aromatic heterocycles. The highest BCUT2D eigenvalue weighted by atomic mass is 32.1. The number of carbonyl (C=O) groups is 1. The molecular formula is C19H23N3O2S. The zero-order chi connectivity index (χ0) is 17.6. The van der Waals surface area contributed by atoms with E-state index in [-0.39, 0.29) is 5.97 Å². The average Bonchev–Trinajstić information content (AvgIpc) is 3.22. The summed E-state index contributed by atoms with van der Waals surface area (Å²) in [5.74, 6) is 1.22. The Bertz CT molecular complexity index is 801. The number of unbranched alkanes of at least 4 members (excludes halogenated alkanes) is 1. The van der Waals surface area contributed by atoms with Gasteiger partial charge in [0.2, 0.25) is 0 Å². The summed E-state index contributed by atoms with van der Waals surface area (Å²) in [6, 6.07) is 1.95. The second-order valence-corrected chi connectivity index (χ2v) is 7.21. The molecule has 0 aliphatic heterocycles. The topological polar surface area (TPSA) is 67.9 Å². The smallest absolute Gasteiger partial charge is 0.348 e. The lowest BCUT2D eigenvalue weighted by Crippen LogP contribution is -2.05. The first-order valence-corrected chi connectivity index (χ1v) is 9.53. The molecule has 0 radical (unpaired) electrons. The van der Waals surface area contributed by atoms with E-state index in [2.05, 4.69) is 40.3 Å². The van der Waals surface area contributed by atoms with Crippen molar-refractivity contribution in [3.8, 4) is 10.7 Å². The zero-order valence-corrected chi connectivity index (χ0v) is 15.5. The minimum Gasteiger partial charge on any atom is -0.462 e. The number of nitrogens with one attached hydrogen (secondary N) is 1. The van der Waals surface area contributed by atoms with Crippen LogP contribution in [0.1, 0.15) is 53.7 Å². The third kappa shape index (κ3) is 4.45. The maximum Gasteiger partial charge on any atom is 0.348 e. The quantitative estimate of drug-likeness (QED) is 0.580. The third-order valence-corrected chi connectivity index (χ3v) is 5.24.